The maximum Gasteiger partial charge on any atom is 0.341 e. The van der Waals surface area contributed by atoms with Crippen molar-refractivity contribution < 1.29 is 19.4 Å². The molecule has 110 valence electrons. The molecule has 2 aromatic rings. The number of carboxylic acids is 1. The zero-order valence-corrected chi connectivity index (χ0v) is 11.8. The summed E-state index contributed by atoms with van der Waals surface area (Å²) in [5, 5.41) is 22.4. The summed E-state index contributed by atoms with van der Waals surface area (Å²) in [6.45, 7) is 1.38. The van der Waals surface area contributed by atoms with Crippen molar-refractivity contribution in [2.75, 3.05) is 17.2 Å². The van der Waals surface area contributed by atoms with Gasteiger partial charge in [-0.3, -0.25) is 5.32 Å². The van der Waals surface area contributed by atoms with Gasteiger partial charge in [-0.15, -0.1) is 10.2 Å². The second kappa shape index (κ2) is 6.66. The Hall–Kier alpha value is -2.68. The standard InChI is InChI=1S/C12H12N4O4S/c1-7-15-16-12(21-7)14-11(19)13-8-2-4-9(5-3-8)20-6-10(17)18/h2-5H,6H2,1H3,(H,17,18)(H2,13,14,16,19). The van der Waals surface area contributed by atoms with Gasteiger partial charge in [0, 0.05) is 5.69 Å². The average molecular weight is 308 g/mol. The average Bonchev–Trinajstić information content (AvgIpc) is 2.83. The molecular formula is C12H12N4O4S. The summed E-state index contributed by atoms with van der Waals surface area (Å²) in [7, 11) is 0. The van der Waals surface area contributed by atoms with Gasteiger partial charge in [0.15, 0.2) is 6.61 Å². The van der Waals surface area contributed by atoms with Crippen LogP contribution in [0.2, 0.25) is 0 Å². The number of carbonyl (C=O) groups excluding carboxylic acids is 1. The number of aryl methyl sites for hydroxylation is 1. The lowest BCUT2D eigenvalue weighted by molar-refractivity contribution is -0.139. The Morgan fingerprint density at radius 3 is 2.52 bits per heavy atom. The van der Waals surface area contributed by atoms with Gasteiger partial charge in [0.25, 0.3) is 0 Å². The van der Waals surface area contributed by atoms with E-state index < -0.39 is 18.6 Å². The number of urea groups is 1. The fraction of sp³-hybridized carbons (Fsp3) is 0.167. The fourth-order valence-corrected chi connectivity index (χ4v) is 1.97. The molecule has 0 aliphatic carbocycles. The molecule has 2 amide bonds. The normalized spacial score (nSPS) is 9.95. The zero-order valence-electron chi connectivity index (χ0n) is 11.0. The van der Waals surface area contributed by atoms with Gasteiger partial charge < -0.3 is 15.2 Å². The first-order chi connectivity index (χ1) is 10.0. The van der Waals surface area contributed by atoms with E-state index in [1.54, 1.807) is 31.2 Å². The number of rotatable bonds is 5. The number of aliphatic carboxylic acids is 1. The Kier molecular flexibility index (Phi) is 4.67. The van der Waals surface area contributed by atoms with Gasteiger partial charge in [-0.2, -0.15) is 0 Å². The van der Waals surface area contributed by atoms with Crippen molar-refractivity contribution in [3.63, 3.8) is 0 Å². The number of ether oxygens (including phenoxy) is 1. The molecule has 0 atom stereocenters. The van der Waals surface area contributed by atoms with E-state index >= 15 is 0 Å². The third-order valence-electron chi connectivity index (χ3n) is 2.22. The van der Waals surface area contributed by atoms with Crippen LogP contribution in [0.1, 0.15) is 5.01 Å². The lowest BCUT2D eigenvalue weighted by atomic mass is 10.3. The highest BCUT2D eigenvalue weighted by atomic mass is 32.1. The minimum atomic E-state index is -1.05. The number of anilines is 2. The van der Waals surface area contributed by atoms with Crippen molar-refractivity contribution in [1.82, 2.24) is 10.2 Å². The molecule has 21 heavy (non-hydrogen) atoms. The Morgan fingerprint density at radius 1 is 1.24 bits per heavy atom. The number of nitrogens with zero attached hydrogens (tertiary/aromatic N) is 2. The SMILES string of the molecule is Cc1nnc(NC(=O)Nc2ccc(OCC(=O)O)cc2)s1. The lowest BCUT2D eigenvalue weighted by Crippen LogP contribution is -2.19. The molecule has 1 aromatic heterocycles. The molecule has 8 nitrogen and oxygen atoms in total. The summed E-state index contributed by atoms with van der Waals surface area (Å²) in [4.78, 5) is 22.1. The summed E-state index contributed by atoms with van der Waals surface area (Å²) in [5.41, 5.74) is 0.538. The Morgan fingerprint density at radius 2 is 1.95 bits per heavy atom. The molecule has 0 bridgehead atoms. The van der Waals surface area contributed by atoms with Crippen LogP contribution < -0.4 is 15.4 Å². The molecule has 9 heteroatoms. The molecule has 0 fully saturated rings. The molecular weight excluding hydrogens is 296 g/mol. The number of benzene rings is 1. The van der Waals surface area contributed by atoms with Gasteiger partial charge in [-0.1, -0.05) is 11.3 Å². The first kappa shape index (κ1) is 14.7. The molecule has 2 rings (SSSR count). The summed E-state index contributed by atoms with van der Waals surface area (Å²) in [6.07, 6.45) is 0. The first-order valence-corrected chi connectivity index (χ1v) is 6.67. The van der Waals surface area contributed by atoms with Gasteiger partial charge in [0.2, 0.25) is 5.13 Å². The minimum absolute atomic E-state index is 0.406. The van der Waals surface area contributed by atoms with Gasteiger partial charge in [0.1, 0.15) is 10.8 Å². The number of aromatic nitrogens is 2. The zero-order chi connectivity index (χ0) is 15.2. The third kappa shape index (κ3) is 4.73. The monoisotopic (exact) mass is 308 g/mol. The molecule has 0 saturated heterocycles. The molecule has 0 spiro atoms. The summed E-state index contributed by atoms with van der Waals surface area (Å²) in [5.74, 6) is -0.646. The van der Waals surface area contributed by atoms with E-state index in [0.717, 1.165) is 5.01 Å². The highest BCUT2D eigenvalue weighted by Gasteiger charge is 2.06. The third-order valence-corrected chi connectivity index (χ3v) is 2.98. The highest BCUT2D eigenvalue weighted by Crippen LogP contribution is 2.17. The molecule has 0 aliphatic heterocycles. The van der Waals surface area contributed by atoms with Gasteiger partial charge in [-0.05, 0) is 31.2 Å². The van der Waals surface area contributed by atoms with Crippen LogP contribution >= 0.6 is 11.3 Å². The van der Waals surface area contributed by atoms with E-state index in [0.29, 0.717) is 16.6 Å². The van der Waals surface area contributed by atoms with Gasteiger partial charge >= 0.3 is 12.0 Å². The van der Waals surface area contributed by atoms with E-state index in [2.05, 4.69) is 20.8 Å². The molecule has 0 saturated carbocycles. The number of hydrogen-bond acceptors (Lipinski definition) is 6. The minimum Gasteiger partial charge on any atom is -0.482 e. The van der Waals surface area contributed by atoms with E-state index in [-0.39, 0.29) is 0 Å². The number of amides is 2. The van der Waals surface area contributed by atoms with Crippen LogP contribution in [-0.2, 0) is 4.79 Å². The number of nitrogens with one attached hydrogen (secondary N) is 2. The predicted octanol–water partition coefficient (Wildman–Crippen LogP) is 1.95. The van der Waals surface area contributed by atoms with Crippen molar-refractivity contribution in [3.05, 3.63) is 29.3 Å². The molecule has 1 heterocycles. The summed E-state index contributed by atoms with van der Waals surface area (Å²) < 4.78 is 4.98. The Balaban J connectivity index is 1.87. The van der Waals surface area contributed by atoms with Gasteiger partial charge in [-0.25, -0.2) is 9.59 Å². The highest BCUT2D eigenvalue weighted by molar-refractivity contribution is 7.15. The molecule has 3 N–H and O–H groups in total. The molecule has 0 radical (unpaired) electrons. The summed E-state index contributed by atoms with van der Waals surface area (Å²) in [6, 6.07) is 5.89. The van der Waals surface area contributed by atoms with Crippen LogP contribution in [0.4, 0.5) is 15.6 Å². The number of carboxylic acid groups (broad SMARTS) is 1. The van der Waals surface area contributed by atoms with Crippen molar-refractivity contribution in [3.8, 4) is 5.75 Å². The van der Waals surface area contributed by atoms with E-state index in [1.165, 1.54) is 11.3 Å². The van der Waals surface area contributed by atoms with Crippen LogP contribution in [-0.4, -0.2) is 33.9 Å². The van der Waals surface area contributed by atoms with E-state index in [4.69, 9.17) is 9.84 Å². The van der Waals surface area contributed by atoms with E-state index in [1.807, 2.05) is 0 Å². The quantitative estimate of drug-likeness (QED) is 0.778. The number of hydrogen-bond donors (Lipinski definition) is 3. The molecule has 0 aliphatic rings. The van der Waals surface area contributed by atoms with Crippen LogP contribution in [0, 0.1) is 6.92 Å². The Labute approximate surface area is 123 Å². The molecule has 1 aromatic carbocycles. The fourth-order valence-electron chi connectivity index (χ4n) is 1.39. The maximum atomic E-state index is 11.7. The summed E-state index contributed by atoms with van der Waals surface area (Å²) >= 11 is 1.27. The maximum absolute atomic E-state index is 11.7. The largest absolute Gasteiger partial charge is 0.482 e. The second-order valence-electron chi connectivity index (χ2n) is 3.91. The van der Waals surface area contributed by atoms with Crippen molar-refractivity contribution in [1.29, 1.82) is 0 Å². The van der Waals surface area contributed by atoms with Crippen molar-refractivity contribution in [2.24, 2.45) is 0 Å². The molecule has 0 unspecified atom stereocenters. The van der Waals surface area contributed by atoms with Crippen molar-refractivity contribution in [2.45, 2.75) is 6.92 Å². The smallest absolute Gasteiger partial charge is 0.341 e. The topological polar surface area (TPSA) is 113 Å². The van der Waals surface area contributed by atoms with Crippen LogP contribution in [0.3, 0.4) is 0 Å². The van der Waals surface area contributed by atoms with Crippen molar-refractivity contribution >= 4 is 34.2 Å². The predicted molar refractivity (Wildman–Crippen MR) is 76.9 cm³/mol. The van der Waals surface area contributed by atoms with Gasteiger partial charge in [0.05, 0.1) is 0 Å². The number of carbonyl (C=O) groups is 2. The van der Waals surface area contributed by atoms with Crippen LogP contribution in [0.25, 0.3) is 0 Å². The lowest BCUT2D eigenvalue weighted by Gasteiger charge is -2.07. The first-order valence-electron chi connectivity index (χ1n) is 5.86. The van der Waals surface area contributed by atoms with Crippen LogP contribution in [0.5, 0.6) is 5.75 Å². The van der Waals surface area contributed by atoms with E-state index in [9.17, 15) is 9.59 Å². The van der Waals surface area contributed by atoms with Crippen LogP contribution in [0.15, 0.2) is 24.3 Å². The Bertz CT molecular complexity index is 641. The second-order valence-corrected chi connectivity index (χ2v) is 5.09.